The highest BCUT2D eigenvalue weighted by molar-refractivity contribution is 4.94. The summed E-state index contributed by atoms with van der Waals surface area (Å²) in [4.78, 5) is 0. The van der Waals surface area contributed by atoms with Crippen molar-refractivity contribution in [2.45, 2.75) is 26.4 Å². The van der Waals surface area contributed by atoms with E-state index in [0.29, 0.717) is 0 Å². The van der Waals surface area contributed by atoms with E-state index in [0.717, 1.165) is 6.42 Å². The van der Waals surface area contributed by atoms with Gasteiger partial charge >= 0.3 is 0 Å². The molecule has 1 saturated carbocycles. The molecule has 1 aliphatic rings. The number of hydrogen-bond acceptors (Lipinski definition) is 0. The molecule has 1 heteroatoms. The van der Waals surface area contributed by atoms with Crippen LogP contribution in [-0.4, -0.2) is 6.10 Å². The van der Waals surface area contributed by atoms with Gasteiger partial charge in [0.25, 0.3) is 0 Å². The van der Waals surface area contributed by atoms with Crippen LogP contribution in [0.2, 0.25) is 0 Å². The van der Waals surface area contributed by atoms with Crippen molar-refractivity contribution in [3.05, 3.63) is 0 Å². The number of rotatable bonds is 0. The second-order valence-electron chi connectivity index (χ2n) is 2.68. The highest BCUT2D eigenvalue weighted by Gasteiger charge is 2.45. The molecular formula is C5H9O. The first-order chi connectivity index (χ1) is 2.63. The van der Waals surface area contributed by atoms with Crippen LogP contribution < -0.4 is 0 Å². The van der Waals surface area contributed by atoms with Gasteiger partial charge in [-0.1, -0.05) is 13.8 Å². The summed E-state index contributed by atoms with van der Waals surface area (Å²) in [5, 5.41) is 10.3. The summed E-state index contributed by atoms with van der Waals surface area (Å²) in [5.74, 6) is 0. The van der Waals surface area contributed by atoms with Gasteiger partial charge in [0, 0.05) is 0 Å². The summed E-state index contributed by atoms with van der Waals surface area (Å²) < 4.78 is 0. The molecule has 0 aromatic heterocycles. The lowest BCUT2D eigenvalue weighted by molar-refractivity contribution is 0.143. The summed E-state index contributed by atoms with van der Waals surface area (Å²) in [6.45, 7) is 4.01. The van der Waals surface area contributed by atoms with E-state index < -0.39 is 0 Å². The maximum atomic E-state index is 10.3. The van der Waals surface area contributed by atoms with Crippen molar-refractivity contribution in [1.82, 2.24) is 0 Å². The van der Waals surface area contributed by atoms with Gasteiger partial charge in [-0.15, -0.1) is 0 Å². The third-order valence-electron chi connectivity index (χ3n) is 1.42. The van der Waals surface area contributed by atoms with E-state index in [4.69, 9.17) is 0 Å². The van der Waals surface area contributed by atoms with Crippen LogP contribution in [0.15, 0.2) is 0 Å². The zero-order chi connectivity index (χ0) is 4.78. The van der Waals surface area contributed by atoms with Gasteiger partial charge in [0.15, 0.2) is 0 Å². The predicted octanol–water partition coefficient (Wildman–Crippen LogP) is 1.22. The van der Waals surface area contributed by atoms with E-state index in [1.165, 1.54) is 0 Å². The van der Waals surface area contributed by atoms with Crippen LogP contribution in [0.1, 0.15) is 20.3 Å². The van der Waals surface area contributed by atoms with Crippen molar-refractivity contribution < 1.29 is 5.11 Å². The minimum atomic E-state index is -0.252. The van der Waals surface area contributed by atoms with Crippen LogP contribution in [0, 0.1) is 5.41 Å². The topological polar surface area (TPSA) is 19.9 Å². The molecule has 0 saturated heterocycles. The Morgan fingerprint density at radius 2 is 1.83 bits per heavy atom. The fourth-order valence-corrected chi connectivity index (χ4v) is 0.419. The molecule has 0 heterocycles. The SMILES string of the molecule is CC1(C)CC1[O]. The molecule has 1 aliphatic carbocycles. The van der Waals surface area contributed by atoms with Gasteiger partial charge in [-0.05, 0) is 11.8 Å². The first-order valence-corrected chi connectivity index (χ1v) is 2.29. The predicted molar refractivity (Wildman–Crippen MR) is 22.9 cm³/mol. The zero-order valence-corrected chi connectivity index (χ0v) is 4.19. The minimum Gasteiger partial charge on any atom is -0.232 e. The molecule has 1 radical (unpaired) electrons. The molecule has 1 rings (SSSR count). The maximum Gasteiger partial charge on any atom is 0.0987 e. The van der Waals surface area contributed by atoms with Gasteiger partial charge in [-0.3, -0.25) is 0 Å². The minimum absolute atomic E-state index is 0.153. The largest absolute Gasteiger partial charge is 0.232 e. The second-order valence-corrected chi connectivity index (χ2v) is 2.68. The monoisotopic (exact) mass is 85.1 g/mol. The lowest BCUT2D eigenvalue weighted by Crippen LogP contribution is -1.89. The smallest absolute Gasteiger partial charge is 0.0987 e. The van der Waals surface area contributed by atoms with Crippen LogP contribution in [0.4, 0.5) is 0 Å². The molecule has 0 aromatic rings. The molecule has 35 valence electrons. The first-order valence-electron chi connectivity index (χ1n) is 2.29. The first kappa shape index (κ1) is 4.13. The van der Waals surface area contributed by atoms with Crippen molar-refractivity contribution in [2.75, 3.05) is 0 Å². The third kappa shape index (κ3) is 0.432. The van der Waals surface area contributed by atoms with E-state index >= 15 is 0 Å². The molecule has 0 amide bonds. The molecule has 6 heavy (non-hydrogen) atoms. The highest BCUT2D eigenvalue weighted by Crippen LogP contribution is 2.44. The summed E-state index contributed by atoms with van der Waals surface area (Å²) in [5.41, 5.74) is 0.153. The van der Waals surface area contributed by atoms with Gasteiger partial charge in [-0.25, -0.2) is 5.11 Å². The van der Waals surface area contributed by atoms with E-state index in [-0.39, 0.29) is 11.5 Å². The highest BCUT2D eigenvalue weighted by atomic mass is 16.3. The van der Waals surface area contributed by atoms with Gasteiger partial charge in [0.1, 0.15) is 0 Å². The Bertz CT molecular complexity index is 66.3. The van der Waals surface area contributed by atoms with Crippen LogP contribution in [0.5, 0.6) is 0 Å². The zero-order valence-electron chi connectivity index (χ0n) is 4.19. The van der Waals surface area contributed by atoms with E-state index in [1.807, 2.05) is 13.8 Å². The molecule has 1 fully saturated rings. The van der Waals surface area contributed by atoms with Crippen LogP contribution in [0.25, 0.3) is 0 Å². The van der Waals surface area contributed by atoms with E-state index in [2.05, 4.69) is 0 Å². The van der Waals surface area contributed by atoms with Gasteiger partial charge < -0.3 is 0 Å². The molecule has 1 atom stereocenters. The van der Waals surface area contributed by atoms with Gasteiger partial charge in [0.05, 0.1) is 6.10 Å². The van der Waals surface area contributed by atoms with Crippen LogP contribution in [-0.2, 0) is 5.11 Å². The quantitative estimate of drug-likeness (QED) is 0.421. The molecule has 0 spiro atoms. The molecule has 0 aliphatic heterocycles. The average molecular weight is 85.1 g/mol. The second kappa shape index (κ2) is 0.784. The average Bonchev–Trinajstić information content (AvgIpc) is 1.73. The summed E-state index contributed by atoms with van der Waals surface area (Å²) in [7, 11) is 0. The maximum absolute atomic E-state index is 10.3. The molecule has 1 unspecified atom stereocenters. The molecule has 1 nitrogen and oxygen atoms in total. The Hall–Kier alpha value is -0.0400. The summed E-state index contributed by atoms with van der Waals surface area (Å²) in [6, 6.07) is 0. The Labute approximate surface area is 38.0 Å². The lowest BCUT2D eigenvalue weighted by Gasteiger charge is -1.89. The van der Waals surface area contributed by atoms with Crippen molar-refractivity contribution in [1.29, 1.82) is 0 Å². The third-order valence-corrected chi connectivity index (χ3v) is 1.42. The Kier molecular flexibility index (Phi) is 0.539. The Balaban J connectivity index is 2.41. The van der Waals surface area contributed by atoms with Crippen molar-refractivity contribution >= 4 is 0 Å². The lowest BCUT2D eigenvalue weighted by atomic mass is 10.2. The Morgan fingerprint density at radius 1 is 1.67 bits per heavy atom. The van der Waals surface area contributed by atoms with Gasteiger partial charge in [-0.2, -0.15) is 0 Å². The summed E-state index contributed by atoms with van der Waals surface area (Å²) in [6.07, 6.45) is 0.630. The molecule has 0 bridgehead atoms. The van der Waals surface area contributed by atoms with Crippen molar-refractivity contribution in [3.63, 3.8) is 0 Å². The fourth-order valence-electron chi connectivity index (χ4n) is 0.419. The van der Waals surface area contributed by atoms with E-state index in [9.17, 15) is 5.11 Å². The van der Waals surface area contributed by atoms with Gasteiger partial charge in [0.2, 0.25) is 0 Å². The standard InChI is InChI=1S/C5H9O/c1-5(2)3-4(5)6/h4H,3H2,1-2H3. The molecule has 0 N–H and O–H groups in total. The fraction of sp³-hybridized carbons (Fsp3) is 1.00. The normalized spacial score (nSPS) is 39.5. The molecule has 0 aromatic carbocycles. The summed E-state index contributed by atoms with van der Waals surface area (Å²) >= 11 is 0. The molecular weight excluding hydrogens is 76.1 g/mol. The van der Waals surface area contributed by atoms with Crippen molar-refractivity contribution in [3.8, 4) is 0 Å². The van der Waals surface area contributed by atoms with E-state index in [1.54, 1.807) is 0 Å². The number of hydrogen-bond donors (Lipinski definition) is 0. The van der Waals surface area contributed by atoms with Crippen LogP contribution >= 0.6 is 0 Å². The van der Waals surface area contributed by atoms with Crippen LogP contribution in [0.3, 0.4) is 0 Å². The van der Waals surface area contributed by atoms with Crippen molar-refractivity contribution in [2.24, 2.45) is 5.41 Å². The Morgan fingerprint density at radius 3 is 1.83 bits per heavy atom.